The maximum Gasteiger partial charge on any atom is 0.319 e. The summed E-state index contributed by atoms with van der Waals surface area (Å²) in [5.74, 6) is -0.920. The van der Waals surface area contributed by atoms with Crippen molar-refractivity contribution >= 4 is 23.3 Å². The lowest BCUT2D eigenvalue weighted by Gasteiger charge is -2.15. The molecule has 2 aromatic carbocycles. The first-order valence-corrected chi connectivity index (χ1v) is 9.16. The molecule has 0 radical (unpaired) electrons. The molecule has 1 heterocycles. The Kier molecular flexibility index (Phi) is 6.57. The van der Waals surface area contributed by atoms with Gasteiger partial charge < -0.3 is 20.5 Å². The van der Waals surface area contributed by atoms with Crippen LogP contribution in [0, 0.1) is 5.82 Å². The second-order valence-corrected chi connectivity index (χ2v) is 6.66. The number of nitrogens with zero attached hydrogens (tertiary/aromatic N) is 2. The van der Waals surface area contributed by atoms with Crippen molar-refractivity contribution < 1.29 is 14.0 Å². The van der Waals surface area contributed by atoms with Crippen LogP contribution in [0.5, 0.6) is 0 Å². The largest absolute Gasteiger partial charge is 0.335 e. The third kappa shape index (κ3) is 6.17. The number of imidazole rings is 1. The normalized spacial score (nSPS) is 11.5. The molecule has 1 atom stereocenters. The Labute approximate surface area is 168 Å². The number of carbonyl (C=O) groups is 2. The molecule has 0 fully saturated rings. The van der Waals surface area contributed by atoms with Crippen LogP contribution in [0.3, 0.4) is 0 Å². The molecule has 3 aromatic rings. The maximum absolute atomic E-state index is 14.1. The zero-order valence-corrected chi connectivity index (χ0v) is 15.9. The van der Waals surface area contributed by atoms with Crippen LogP contribution >= 0.6 is 0 Å². The second kappa shape index (κ2) is 9.50. The first-order valence-electron chi connectivity index (χ1n) is 9.16. The summed E-state index contributed by atoms with van der Waals surface area (Å²) in [5.41, 5.74) is 1.20. The number of urea groups is 1. The van der Waals surface area contributed by atoms with Gasteiger partial charge in [0.1, 0.15) is 5.82 Å². The standard InChI is InChI=1S/C21H22FN5O2/c1-15(13-27-10-9-23-14-27)24-21(29)25-17-7-8-18(22)19(12-17)26-20(28)11-16-5-3-2-4-6-16/h2-10,12,14-15H,11,13H2,1H3,(H,26,28)(H2,24,25,29). The van der Waals surface area contributed by atoms with Crippen LogP contribution in [0.4, 0.5) is 20.6 Å². The molecule has 0 aliphatic heterocycles. The summed E-state index contributed by atoms with van der Waals surface area (Å²) in [5, 5.41) is 7.99. The topological polar surface area (TPSA) is 88.1 Å². The van der Waals surface area contributed by atoms with Gasteiger partial charge in [0.15, 0.2) is 0 Å². The van der Waals surface area contributed by atoms with E-state index in [4.69, 9.17) is 0 Å². The monoisotopic (exact) mass is 395 g/mol. The van der Waals surface area contributed by atoms with E-state index in [2.05, 4.69) is 20.9 Å². The number of anilines is 2. The molecule has 0 aliphatic carbocycles. The van der Waals surface area contributed by atoms with E-state index in [0.717, 1.165) is 5.56 Å². The lowest BCUT2D eigenvalue weighted by Crippen LogP contribution is -2.38. The number of carbonyl (C=O) groups excluding carboxylic acids is 2. The van der Waals surface area contributed by atoms with Gasteiger partial charge in [-0.05, 0) is 30.7 Å². The number of hydrogen-bond donors (Lipinski definition) is 3. The Bertz CT molecular complexity index is 960. The smallest absolute Gasteiger partial charge is 0.319 e. The summed E-state index contributed by atoms with van der Waals surface area (Å²) in [4.78, 5) is 28.3. The average Bonchev–Trinajstić information content (AvgIpc) is 3.18. The van der Waals surface area contributed by atoms with Gasteiger partial charge in [-0.2, -0.15) is 0 Å². The Balaban J connectivity index is 1.56. The maximum atomic E-state index is 14.1. The minimum Gasteiger partial charge on any atom is -0.335 e. The summed E-state index contributed by atoms with van der Waals surface area (Å²) in [6.45, 7) is 2.43. The van der Waals surface area contributed by atoms with Gasteiger partial charge in [0.05, 0.1) is 18.4 Å². The van der Waals surface area contributed by atoms with E-state index in [9.17, 15) is 14.0 Å². The molecule has 1 unspecified atom stereocenters. The van der Waals surface area contributed by atoms with Crippen molar-refractivity contribution in [3.05, 3.63) is 78.6 Å². The molecule has 150 valence electrons. The highest BCUT2D eigenvalue weighted by Gasteiger charge is 2.12. The van der Waals surface area contributed by atoms with Crippen molar-refractivity contribution in [1.82, 2.24) is 14.9 Å². The SMILES string of the molecule is CC(Cn1ccnc1)NC(=O)Nc1ccc(F)c(NC(=O)Cc2ccccc2)c1. The van der Waals surface area contributed by atoms with E-state index in [-0.39, 0.29) is 24.1 Å². The number of benzene rings is 2. The predicted molar refractivity (Wildman–Crippen MR) is 109 cm³/mol. The number of amides is 3. The van der Waals surface area contributed by atoms with Crippen molar-refractivity contribution in [2.45, 2.75) is 25.9 Å². The quantitative estimate of drug-likeness (QED) is 0.573. The molecule has 0 spiro atoms. The molecule has 0 bridgehead atoms. The van der Waals surface area contributed by atoms with E-state index in [0.29, 0.717) is 12.2 Å². The van der Waals surface area contributed by atoms with Gasteiger partial charge >= 0.3 is 6.03 Å². The van der Waals surface area contributed by atoms with Gasteiger partial charge in [0, 0.05) is 30.7 Å². The minimum atomic E-state index is -0.578. The number of aromatic nitrogens is 2. The Morgan fingerprint density at radius 3 is 2.66 bits per heavy atom. The van der Waals surface area contributed by atoms with Gasteiger partial charge in [0.2, 0.25) is 5.91 Å². The molecular weight excluding hydrogens is 373 g/mol. The van der Waals surface area contributed by atoms with Gasteiger partial charge in [-0.25, -0.2) is 14.2 Å². The van der Waals surface area contributed by atoms with Crippen LogP contribution in [0.2, 0.25) is 0 Å². The molecule has 3 N–H and O–H groups in total. The predicted octanol–water partition coefficient (Wildman–Crippen LogP) is 3.41. The number of hydrogen-bond acceptors (Lipinski definition) is 3. The molecule has 3 amide bonds. The highest BCUT2D eigenvalue weighted by atomic mass is 19.1. The van der Waals surface area contributed by atoms with Crippen LogP contribution in [0.25, 0.3) is 0 Å². The summed E-state index contributed by atoms with van der Waals surface area (Å²) >= 11 is 0. The fourth-order valence-electron chi connectivity index (χ4n) is 2.82. The van der Waals surface area contributed by atoms with Crippen molar-refractivity contribution in [2.75, 3.05) is 10.6 Å². The zero-order chi connectivity index (χ0) is 20.6. The van der Waals surface area contributed by atoms with Crippen molar-refractivity contribution in [1.29, 1.82) is 0 Å². The van der Waals surface area contributed by atoms with Gasteiger partial charge in [-0.1, -0.05) is 30.3 Å². The third-order valence-electron chi connectivity index (χ3n) is 4.13. The van der Waals surface area contributed by atoms with E-state index >= 15 is 0 Å². The van der Waals surface area contributed by atoms with E-state index < -0.39 is 11.8 Å². The third-order valence-corrected chi connectivity index (χ3v) is 4.13. The van der Waals surface area contributed by atoms with Crippen LogP contribution in [-0.2, 0) is 17.8 Å². The highest BCUT2D eigenvalue weighted by Crippen LogP contribution is 2.20. The molecule has 1 aromatic heterocycles. The molecule has 7 nitrogen and oxygen atoms in total. The zero-order valence-electron chi connectivity index (χ0n) is 15.9. The molecule has 0 saturated heterocycles. The van der Waals surface area contributed by atoms with E-state index in [1.165, 1.54) is 18.2 Å². The number of halogens is 1. The first-order chi connectivity index (χ1) is 14.0. The lowest BCUT2D eigenvalue weighted by atomic mass is 10.1. The minimum absolute atomic E-state index is 0.00944. The van der Waals surface area contributed by atoms with Crippen molar-refractivity contribution in [3.8, 4) is 0 Å². The molecule has 8 heteroatoms. The van der Waals surface area contributed by atoms with Crippen LogP contribution in [-0.4, -0.2) is 27.5 Å². The second-order valence-electron chi connectivity index (χ2n) is 6.66. The molecular formula is C21H22FN5O2. The Hall–Kier alpha value is -3.68. The molecule has 29 heavy (non-hydrogen) atoms. The van der Waals surface area contributed by atoms with E-state index in [1.54, 1.807) is 18.7 Å². The van der Waals surface area contributed by atoms with Gasteiger partial charge in [-0.15, -0.1) is 0 Å². The number of rotatable bonds is 7. The Morgan fingerprint density at radius 1 is 1.14 bits per heavy atom. The Morgan fingerprint density at radius 2 is 1.93 bits per heavy atom. The summed E-state index contributed by atoms with van der Waals surface area (Å²) in [6, 6.07) is 12.6. The number of nitrogens with one attached hydrogen (secondary N) is 3. The highest BCUT2D eigenvalue weighted by molar-refractivity contribution is 5.94. The molecule has 0 aliphatic rings. The summed E-state index contributed by atoms with van der Waals surface area (Å²) in [6.07, 6.45) is 5.27. The fraction of sp³-hybridized carbons (Fsp3) is 0.190. The van der Waals surface area contributed by atoms with Crippen molar-refractivity contribution in [2.24, 2.45) is 0 Å². The lowest BCUT2D eigenvalue weighted by molar-refractivity contribution is -0.115. The average molecular weight is 395 g/mol. The van der Waals surface area contributed by atoms with Gasteiger partial charge in [-0.3, -0.25) is 4.79 Å². The summed E-state index contributed by atoms with van der Waals surface area (Å²) in [7, 11) is 0. The van der Waals surface area contributed by atoms with E-state index in [1.807, 2.05) is 41.8 Å². The molecule has 0 saturated carbocycles. The van der Waals surface area contributed by atoms with Crippen LogP contribution in [0.1, 0.15) is 12.5 Å². The van der Waals surface area contributed by atoms with Crippen LogP contribution in [0.15, 0.2) is 67.3 Å². The molecule has 3 rings (SSSR count). The van der Waals surface area contributed by atoms with Gasteiger partial charge in [0.25, 0.3) is 0 Å². The first kappa shape index (κ1) is 20.1. The van der Waals surface area contributed by atoms with Crippen LogP contribution < -0.4 is 16.0 Å². The van der Waals surface area contributed by atoms with Crippen molar-refractivity contribution in [3.63, 3.8) is 0 Å². The fourth-order valence-corrected chi connectivity index (χ4v) is 2.82. The summed E-state index contributed by atoms with van der Waals surface area (Å²) < 4.78 is 15.9.